The number of nitrogens with one attached hydrogen (secondary N) is 1. The van der Waals surface area contributed by atoms with Gasteiger partial charge in [0.1, 0.15) is 5.56 Å². The van der Waals surface area contributed by atoms with Crippen LogP contribution in [-0.2, 0) is 4.74 Å². The largest absolute Gasteiger partial charge is 0.465 e. The topological polar surface area (TPSA) is 81.5 Å². The molecule has 1 fully saturated rings. The van der Waals surface area contributed by atoms with E-state index in [4.69, 9.17) is 0 Å². The Labute approximate surface area is 133 Å². The quantitative estimate of drug-likeness (QED) is 0.520. The van der Waals surface area contributed by atoms with Gasteiger partial charge < -0.3 is 10.1 Å². The van der Waals surface area contributed by atoms with Crippen LogP contribution in [0.1, 0.15) is 28.3 Å². The Morgan fingerprint density at radius 1 is 1.26 bits per heavy atom. The van der Waals surface area contributed by atoms with Crippen molar-refractivity contribution in [1.29, 1.82) is 0 Å². The van der Waals surface area contributed by atoms with Crippen molar-refractivity contribution in [2.24, 2.45) is 0 Å². The van der Waals surface area contributed by atoms with Gasteiger partial charge in [0.2, 0.25) is 0 Å². The first-order valence-electron chi connectivity index (χ1n) is 7.28. The van der Waals surface area contributed by atoms with Gasteiger partial charge in [0, 0.05) is 23.7 Å². The molecule has 0 bridgehead atoms. The molecule has 0 saturated heterocycles. The summed E-state index contributed by atoms with van der Waals surface area (Å²) in [5, 5.41) is 14.3. The number of nitrogens with zero attached hydrogens (tertiary/aromatic N) is 1. The first-order chi connectivity index (χ1) is 11.1. The Hall–Kier alpha value is -2.89. The molecule has 2 atom stereocenters. The summed E-state index contributed by atoms with van der Waals surface area (Å²) in [6.07, 6.45) is 0.995. The Bertz CT molecular complexity index is 746. The smallest absolute Gasteiger partial charge is 0.344 e. The van der Waals surface area contributed by atoms with Crippen LogP contribution in [0.2, 0.25) is 0 Å². The summed E-state index contributed by atoms with van der Waals surface area (Å²) in [5.74, 6) is -0.288. The molecular formula is C17H16N2O4. The number of hydrogen-bond donors (Lipinski definition) is 1. The van der Waals surface area contributed by atoms with E-state index < -0.39 is 10.9 Å². The van der Waals surface area contributed by atoms with Crippen molar-refractivity contribution in [1.82, 2.24) is 0 Å². The lowest BCUT2D eigenvalue weighted by atomic mass is 10.1. The van der Waals surface area contributed by atoms with E-state index in [-0.39, 0.29) is 17.3 Å². The number of esters is 1. The van der Waals surface area contributed by atoms with Crippen molar-refractivity contribution in [2.45, 2.75) is 18.4 Å². The van der Waals surface area contributed by atoms with E-state index in [9.17, 15) is 14.9 Å². The number of rotatable bonds is 5. The summed E-state index contributed by atoms with van der Waals surface area (Å²) in [6, 6.07) is 14.9. The second kappa shape index (κ2) is 6.08. The van der Waals surface area contributed by atoms with Crippen molar-refractivity contribution in [3.63, 3.8) is 0 Å². The summed E-state index contributed by atoms with van der Waals surface area (Å²) < 4.78 is 4.62. The summed E-state index contributed by atoms with van der Waals surface area (Å²) in [7, 11) is 1.21. The number of benzene rings is 2. The zero-order chi connectivity index (χ0) is 16.4. The molecule has 2 aromatic rings. The van der Waals surface area contributed by atoms with Gasteiger partial charge in [-0.25, -0.2) is 4.79 Å². The van der Waals surface area contributed by atoms with E-state index in [0.717, 1.165) is 6.42 Å². The van der Waals surface area contributed by atoms with E-state index in [1.807, 2.05) is 18.2 Å². The maximum Gasteiger partial charge on any atom is 0.344 e. The van der Waals surface area contributed by atoms with Crippen LogP contribution in [0.4, 0.5) is 11.4 Å². The third-order valence-electron chi connectivity index (χ3n) is 3.97. The first-order valence-corrected chi connectivity index (χ1v) is 7.28. The van der Waals surface area contributed by atoms with E-state index >= 15 is 0 Å². The fourth-order valence-corrected chi connectivity index (χ4v) is 2.70. The predicted molar refractivity (Wildman–Crippen MR) is 85.6 cm³/mol. The minimum Gasteiger partial charge on any atom is -0.465 e. The Balaban J connectivity index is 1.77. The highest BCUT2D eigenvalue weighted by Gasteiger charge is 2.38. The van der Waals surface area contributed by atoms with Crippen molar-refractivity contribution in [3.8, 4) is 0 Å². The molecule has 1 aliphatic rings. The number of carbonyl (C=O) groups is 1. The number of methoxy groups -OCH3 is 1. The maximum absolute atomic E-state index is 11.7. The highest BCUT2D eigenvalue weighted by atomic mass is 16.6. The highest BCUT2D eigenvalue weighted by molar-refractivity contribution is 5.95. The van der Waals surface area contributed by atoms with E-state index in [1.165, 1.54) is 24.8 Å². The van der Waals surface area contributed by atoms with Gasteiger partial charge >= 0.3 is 5.97 Å². The highest BCUT2D eigenvalue weighted by Crippen LogP contribution is 2.43. The third-order valence-corrected chi connectivity index (χ3v) is 3.97. The molecule has 0 aromatic heterocycles. The van der Waals surface area contributed by atoms with Crippen LogP contribution in [0.3, 0.4) is 0 Å². The molecule has 6 heteroatoms. The molecule has 6 nitrogen and oxygen atoms in total. The standard InChI is InChI=1S/C17H16N2O4/c1-23-17(20)14-9-12(7-8-16(14)19(21)22)18-15-10-13(15)11-5-3-2-4-6-11/h2-9,13,15,18H,10H2,1H3. The average Bonchev–Trinajstić information content (AvgIpc) is 3.33. The second-order valence-corrected chi connectivity index (χ2v) is 5.48. The molecular weight excluding hydrogens is 296 g/mol. The third kappa shape index (κ3) is 3.15. The summed E-state index contributed by atoms with van der Waals surface area (Å²) in [6.45, 7) is 0. The normalized spacial score (nSPS) is 19.0. The molecule has 1 saturated carbocycles. The number of nitro benzene ring substituents is 1. The summed E-state index contributed by atoms with van der Waals surface area (Å²) in [5.41, 5.74) is 1.65. The molecule has 1 N–H and O–H groups in total. The Morgan fingerprint density at radius 2 is 2.00 bits per heavy atom. The number of hydrogen-bond acceptors (Lipinski definition) is 5. The minimum atomic E-state index is -0.712. The zero-order valence-electron chi connectivity index (χ0n) is 12.6. The van der Waals surface area contributed by atoms with Gasteiger partial charge in [-0.3, -0.25) is 10.1 Å². The molecule has 0 amide bonds. The fourth-order valence-electron chi connectivity index (χ4n) is 2.70. The number of nitro groups is 1. The Kier molecular flexibility index (Phi) is 3.97. The number of ether oxygens (including phenoxy) is 1. The molecule has 0 spiro atoms. The van der Waals surface area contributed by atoms with E-state index in [1.54, 1.807) is 6.07 Å². The SMILES string of the molecule is COC(=O)c1cc(NC2CC2c2ccccc2)ccc1[N+](=O)[O-]. The van der Waals surface area contributed by atoms with Crippen molar-refractivity contribution < 1.29 is 14.5 Å². The van der Waals surface area contributed by atoms with E-state index in [2.05, 4.69) is 22.2 Å². The van der Waals surface area contributed by atoms with Crippen LogP contribution in [0.25, 0.3) is 0 Å². The molecule has 2 unspecified atom stereocenters. The zero-order valence-corrected chi connectivity index (χ0v) is 12.6. The van der Waals surface area contributed by atoms with Crippen LogP contribution in [-0.4, -0.2) is 24.0 Å². The maximum atomic E-state index is 11.7. The second-order valence-electron chi connectivity index (χ2n) is 5.48. The van der Waals surface area contributed by atoms with Gasteiger partial charge in [-0.05, 0) is 24.1 Å². The van der Waals surface area contributed by atoms with Gasteiger partial charge in [0.15, 0.2) is 0 Å². The van der Waals surface area contributed by atoms with Crippen LogP contribution in [0, 0.1) is 10.1 Å². The lowest BCUT2D eigenvalue weighted by molar-refractivity contribution is -0.385. The first kappa shape index (κ1) is 15.0. The Morgan fingerprint density at radius 3 is 2.65 bits per heavy atom. The molecule has 118 valence electrons. The monoisotopic (exact) mass is 312 g/mol. The molecule has 0 aliphatic heterocycles. The van der Waals surface area contributed by atoms with Gasteiger partial charge in [-0.15, -0.1) is 0 Å². The molecule has 0 radical (unpaired) electrons. The van der Waals surface area contributed by atoms with Crippen LogP contribution in [0.15, 0.2) is 48.5 Å². The van der Waals surface area contributed by atoms with Gasteiger partial charge in [-0.2, -0.15) is 0 Å². The van der Waals surface area contributed by atoms with Crippen LogP contribution < -0.4 is 5.32 Å². The molecule has 2 aromatic carbocycles. The van der Waals surface area contributed by atoms with Crippen molar-refractivity contribution in [2.75, 3.05) is 12.4 Å². The van der Waals surface area contributed by atoms with Gasteiger partial charge in [0.05, 0.1) is 12.0 Å². The molecule has 0 heterocycles. The van der Waals surface area contributed by atoms with Crippen LogP contribution in [0.5, 0.6) is 0 Å². The molecule has 23 heavy (non-hydrogen) atoms. The van der Waals surface area contributed by atoms with Crippen LogP contribution >= 0.6 is 0 Å². The predicted octanol–water partition coefficient (Wildman–Crippen LogP) is 3.35. The molecule has 3 rings (SSSR count). The van der Waals surface area contributed by atoms with Gasteiger partial charge in [0.25, 0.3) is 5.69 Å². The summed E-state index contributed by atoms with van der Waals surface area (Å²) in [4.78, 5) is 22.1. The lowest BCUT2D eigenvalue weighted by Gasteiger charge is -2.08. The van der Waals surface area contributed by atoms with Crippen molar-refractivity contribution >= 4 is 17.3 Å². The summed E-state index contributed by atoms with van der Waals surface area (Å²) >= 11 is 0. The molecule has 1 aliphatic carbocycles. The average molecular weight is 312 g/mol. The van der Waals surface area contributed by atoms with Crippen molar-refractivity contribution in [3.05, 3.63) is 69.8 Å². The van der Waals surface area contributed by atoms with Gasteiger partial charge in [-0.1, -0.05) is 30.3 Å². The lowest BCUT2D eigenvalue weighted by Crippen LogP contribution is -2.09. The fraction of sp³-hybridized carbons (Fsp3) is 0.235. The number of anilines is 1. The minimum absolute atomic E-state index is 0.0422. The number of carbonyl (C=O) groups excluding carboxylic acids is 1. The van der Waals surface area contributed by atoms with E-state index in [0.29, 0.717) is 11.6 Å².